The topological polar surface area (TPSA) is 48.0 Å². The summed E-state index contributed by atoms with van der Waals surface area (Å²) >= 11 is 0. The quantitative estimate of drug-likeness (QED) is 0.772. The van der Waals surface area contributed by atoms with Gasteiger partial charge in [0.15, 0.2) is 0 Å². The zero-order valence-electron chi connectivity index (χ0n) is 13.4. The number of methoxy groups -OCH3 is 1. The van der Waals surface area contributed by atoms with E-state index in [9.17, 15) is 4.79 Å². The van der Waals surface area contributed by atoms with Crippen molar-refractivity contribution < 1.29 is 19.0 Å². The van der Waals surface area contributed by atoms with Crippen LogP contribution >= 0.6 is 0 Å². The van der Waals surface area contributed by atoms with Gasteiger partial charge in [-0.05, 0) is 25.0 Å². The molecule has 1 unspecified atom stereocenters. The molecule has 0 spiro atoms. The highest BCUT2D eigenvalue weighted by atomic mass is 16.5. The van der Waals surface area contributed by atoms with E-state index < -0.39 is 0 Å². The second-order valence-corrected chi connectivity index (χ2v) is 5.33. The summed E-state index contributed by atoms with van der Waals surface area (Å²) in [6.45, 7) is 4.97. The highest BCUT2D eigenvalue weighted by molar-refractivity contribution is 5.76. The molecular weight excluding hydrogens is 282 g/mol. The summed E-state index contributed by atoms with van der Waals surface area (Å²) in [7, 11) is 1.65. The summed E-state index contributed by atoms with van der Waals surface area (Å²) in [6, 6.07) is 7.90. The van der Waals surface area contributed by atoms with Crippen LogP contribution in [0.15, 0.2) is 24.3 Å². The molecule has 2 rings (SSSR count). The normalized spacial score (nSPS) is 18.3. The van der Waals surface area contributed by atoms with Gasteiger partial charge >= 0.3 is 0 Å². The van der Waals surface area contributed by atoms with Crippen LogP contribution in [0.1, 0.15) is 18.9 Å². The number of benzene rings is 1. The number of amides is 1. The van der Waals surface area contributed by atoms with Gasteiger partial charge in [-0.15, -0.1) is 0 Å². The van der Waals surface area contributed by atoms with Crippen LogP contribution in [0.3, 0.4) is 0 Å². The van der Waals surface area contributed by atoms with Gasteiger partial charge in [-0.2, -0.15) is 0 Å². The highest BCUT2D eigenvalue weighted by Crippen LogP contribution is 2.20. The molecule has 1 saturated heterocycles. The van der Waals surface area contributed by atoms with E-state index in [1.165, 1.54) is 0 Å². The van der Waals surface area contributed by atoms with Crippen molar-refractivity contribution in [2.75, 3.05) is 40.0 Å². The van der Waals surface area contributed by atoms with Crippen molar-refractivity contribution in [3.05, 3.63) is 29.8 Å². The summed E-state index contributed by atoms with van der Waals surface area (Å²) in [5.74, 6) is 1.03. The summed E-state index contributed by atoms with van der Waals surface area (Å²) in [4.78, 5) is 14.3. The van der Waals surface area contributed by atoms with Crippen molar-refractivity contribution in [3.63, 3.8) is 0 Å². The minimum absolute atomic E-state index is 0.0154. The molecule has 1 aromatic carbocycles. The molecule has 5 heteroatoms. The Morgan fingerprint density at radius 3 is 3.00 bits per heavy atom. The smallest absolute Gasteiger partial charge is 0.223 e. The zero-order valence-corrected chi connectivity index (χ0v) is 13.4. The number of nitrogens with zero attached hydrogens (tertiary/aromatic N) is 1. The molecule has 1 heterocycles. The van der Waals surface area contributed by atoms with Crippen molar-refractivity contribution in [2.45, 2.75) is 25.9 Å². The number of morpholine rings is 1. The monoisotopic (exact) mass is 307 g/mol. The highest BCUT2D eigenvalue weighted by Gasteiger charge is 2.24. The third-order valence-corrected chi connectivity index (χ3v) is 3.72. The van der Waals surface area contributed by atoms with E-state index in [0.29, 0.717) is 45.8 Å². The van der Waals surface area contributed by atoms with Gasteiger partial charge in [0.2, 0.25) is 5.91 Å². The maximum atomic E-state index is 12.4. The third kappa shape index (κ3) is 4.71. The van der Waals surface area contributed by atoms with Gasteiger partial charge in [-0.1, -0.05) is 18.2 Å². The van der Waals surface area contributed by atoms with E-state index in [1.807, 2.05) is 36.1 Å². The first-order chi connectivity index (χ1) is 10.7. The first-order valence-corrected chi connectivity index (χ1v) is 7.83. The predicted molar refractivity (Wildman–Crippen MR) is 84.1 cm³/mol. The molecule has 1 amide bonds. The van der Waals surface area contributed by atoms with Crippen LogP contribution in [0.5, 0.6) is 5.75 Å². The number of hydrogen-bond donors (Lipinski definition) is 0. The van der Waals surface area contributed by atoms with E-state index in [2.05, 4.69) is 0 Å². The Balaban J connectivity index is 1.87. The Kier molecular flexibility index (Phi) is 6.68. The lowest BCUT2D eigenvalue weighted by atomic mass is 10.1. The summed E-state index contributed by atoms with van der Waals surface area (Å²) < 4.78 is 16.3. The zero-order chi connectivity index (χ0) is 15.8. The lowest BCUT2D eigenvalue weighted by Crippen LogP contribution is -2.47. The second kappa shape index (κ2) is 8.76. The fourth-order valence-electron chi connectivity index (χ4n) is 2.64. The number of carbonyl (C=O) groups excluding carboxylic acids is 1. The molecule has 122 valence electrons. The van der Waals surface area contributed by atoms with E-state index in [4.69, 9.17) is 14.2 Å². The van der Waals surface area contributed by atoms with E-state index >= 15 is 0 Å². The first kappa shape index (κ1) is 16.8. The molecule has 5 nitrogen and oxygen atoms in total. The van der Waals surface area contributed by atoms with E-state index in [-0.39, 0.29) is 12.0 Å². The van der Waals surface area contributed by atoms with Crippen LogP contribution in [0.25, 0.3) is 0 Å². The van der Waals surface area contributed by atoms with Gasteiger partial charge in [0, 0.05) is 26.6 Å². The lowest BCUT2D eigenvalue weighted by Gasteiger charge is -2.32. The molecule has 0 saturated carbocycles. The van der Waals surface area contributed by atoms with Gasteiger partial charge in [-0.3, -0.25) is 4.79 Å². The molecule has 1 aromatic rings. The number of carbonyl (C=O) groups is 1. The number of rotatable bonds is 7. The van der Waals surface area contributed by atoms with E-state index in [0.717, 1.165) is 11.3 Å². The molecule has 1 aliphatic heterocycles. The lowest BCUT2D eigenvalue weighted by molar-refractivity contribution is -0.140. The average Bonchev–Trinajstić information content (AvgIpc) is 2.54. The largest absolute Gasteiger partial charge is 0.494 e. The van der Waals surface area contributed by atoms with Gasteiger partial charge in [-0.25, -0.2) is 0 Å². The Labute approximate surface area is 132 Å². The molecule has 0 radical (unpaired) electrons. The molecular formula is C17H25NO4. The SMILES string of the molecule is CCOc1ccccc1CCC(=O)N1CCOC(COC)C1. The van der Waals surface area contributed by atoms with Crippen molar-refractivity contribution in [1.82, 2.24) is 4.90 Å². The molecule has 1 fully saturated rings. The predicted octanol–water partition coefficient (Wildman–Crippen LogP) is 1.89. The molecule has 0 N–H and O–H groups in total. The van der Waals surface area contributed by atoms with Crippen molar-refractivity contribution in [3.8, 4) is 5.75 Å². The van der Waals surface area contributed by atoms with Crippen molar-refractivity contribution >= 4 is 5.91 Å². The average molecular weight is 307 g/mol. The third-order valence-electron chi connectivity index (χ3n) is 3.72. The summed E-state index contributed by atoms with van der Waals surface area (Å²) in [5.41, 5.74) is 1.08. The van der Waals surface area contributed by atoms with Crippen molar-refractivity contribution in [2.24, 2.45) is 0 Å². The molecule has 1 atom stereocenters. The Hall–Kier alpha value is -1.59. The molecule has 0 bridgehead atoms. The Bertz CT molecular complexity index is 475. The Morgan fingerprint density at radius 1 is 1.41 bits per heavy atom. The van der Waals surface area contributed by atoms with E-state index in [1.54, 1.807) is 7.11 Å². The van der Waals surface area contributed by atoms with Gasteiger partial charge < -0.3 is 19.1 Å². The fourth-order valence-corrected chi connectivity index (χ4v) is 2.64. The summed E-state index contributed by atoms with van der Waals surface area (Å²) in [6.07, 6.45) is 1.17. The molecule has 22 heavy (non-hydrogen) atoms. The van der Waals surface area contributed by atoms with Crippen LogP contribution in [-0.4, -0.2) is 56.9 Å². The summed E-state index contributed by atoms with van der Waals surface area (Å²) in [5, 5.41) is 0. The van der Waals surface area contributed by atoms with Gasteiger partial charge in [0.1, 0.15) is 5.75 Å². The number of para-hydroxylation sites is 1. The van der Waals surface area contributed by atoms with Gasteiger partial charge in [0.25, 0.3) is 0 Å². The van der Waals surface area contributed by atoms with Crippen LogP contribution in [0, 0.1) is 0 Å². The minimum Gasteiger partial charge on any atom is -0.494 e. The Morgan fingerprint density at radius 2 is 2.23 bits per heavy atom. The van der Waals surface area contributed by atoms with Gasteiger partial charge in [0.05, 0.1) is 25.9 Å². The van der Waals surface area contributed by atoms with Crippen LogP contribution < -0.4 is 4.74 Å². The minimum atomic E-state index is -0.0154. The number of aryl methyl sites for hydroxylation is 1. The standard InChI is InChI=1S/C17H25NO4/c1-3-21-16-7-5-4-6-14(16)8-9-17(19)18-10-11-22-15(12-18)13-20-2/h4-7,15H,3,8-13H2,1-2H3. The molecule has 0 aliphatic carbocycles. The van der Waals surface area contributed by atoms with Crippen LogP contribution in [0.4, 0.5) is 0 Å². The first-order valence-electron chi connectivity index (χ1n) is 7.83. The second-order valence-electron chi connectivity index (χ2n) is 5.33. The maximum Gasteiger partial charge on any atom is 0.223 e. The van der Waals surface area contributed by atoms with Crippen LogP contribution in [-0.2, 0) is 20.7 Å². The maximum absolute atomic E-state index is 12.4. The fraction of sp³-hybridized carbons (Fsp3) is 0.588. The van der Waals surface area contributed by atoms with Crippen LogP contribution in [0.2, 0.25) is 0 Å². The number of ether oxygens (including phenoxy) is 3. The molecule has 0 aromatic heterocycles. The van der Waals surface area contributed by atoms with Crippen molar-refractivity contribution in [1.29, 1.82) is 0 Å². The number of hydrogen-bond acceptors (Lipinski definition) is 4. The molecule has 1 aliphatic rings.